The Kier molecular flexibility index (Phi) is 5.49. The first kappa shape index (κ1) is 16.6. The average molecular weight is 330 g/mol. The lowest BCUT2D eigenvalue weighted by Gasteiger charge is -2.42. The molecule has 1 fully saturated rings. The zero-order valence-corrected chi connectivity index (χ0v) is 14.1. The number of piperazine rings is 1. The Balaban J connectivity index is 1.95. The fourth-order valence-corrected chi connectivity index (χ4v) is 3.01. The van der Waals surface area contributed by atoms with E-state index in [2.05, 4.69) is 36.0 Å². The number of carbonyl (C=O) groups is 1. The molecule has 6 heteroatoms. The van der Waals surface area contributed by atoms with Gasteiger partial charge in [0.05, 0.1) is 17.3 Å². The molecule has 1 aliphatic rings. The normalized spacial score (nSPS) is 24.0. The number of carbonyl (C=O) groups excluding carboxylic acids is 1. The molecule has 0 aliphatic carbocycles. The summed E-state index contributed by atoms with van der Waals surface area (Å²) < 4.78 is 0. The Bertz CT molecular complexity index is 524. The molecule has 1 N–H and O–H groups in total. The van der Waals surface area contributed by atoms with Crippen molar-refractivity contribution in [2.45, 2.75) is 25.9 Å². The highest BCUT2D eigenvalue weighted by Gasteiger charge is 2.27. The van der Waals surface area contributed by atoms with Crippen LogP contribution < -0.4 is 5.32 Å². The molecular formula is C15H21Cl2N3O. The van der Waals surface area contributed by atoms with Gasteiger partial charge in [0.15, 0.2) is 0 Å². The highest BCUT2D eigenvalue weighted by atomic mass is 35.5. The molecule has 2 atom stereocenters. The number of nitrogens with zero attached hydrogens (tertiary/aromatic N) is 2. The molecular weight excluding hydrogens is 309 g/mol. The van der Waals surface area contributed by atoms with Crippen LogP contribution in [-0.4, -0.2) is 54.5 Å². The Morgan fingerprint density at radius 1 is 1.29 bits per heavy atom. The largest absolute Gasteiger partial charge is 0.324 e. The molecule has 1 saturated heterocycles. The third kappa shape index (κ3) is 4.33. The number of nitrogens with one attached hydrogen (secondary N) is 1. The molecule has 1 amide bonds. The molecule has 0 saturated carbocycles. The van der Waals surface area contributed by atoms with Crippen LogP contribution in [0.15, 0.2) is 18.2 Å². The fraction of sp³-hybridized carbons (Fsp3) is 0.533. The molecule has 1 aromatic rings. The van der Waals surface area contributed by atoms with Gasteiger partial charge in [0.25, 0.3) is 0 Å². The van der Waals surface area contributed by atoms with Gasteiger partial charge in [-0.2, -0.15) is 0 Å². The van der Waals surface area contributed by atoms with Crippen molar-refractivity contribution in [1.29, 1.82) is 0 Å². The Morgan fingerprint density at radius 3 is 2.67 bits per heavy atom. The first-order valence-electron chi connectivity index (χ1n) is 7.06. The smallest absolute Gasteiger partial charge is 0.238 e. The minimum Gasteiger partial charge on any atom is -0.324 e. The summed E-state index contributed by atoms with van der Waals surface area (Å²) in [5.41, 5.74) is 0.598. The van der Waals surface area contributed by atoms with Crippen LogP contribution in [0.1, 0.15) is 13.8 Å². The van der Waals surface area contributed by atoms with Crippen molar-refractivity contribution in [3.63, 3.8) is 0 Å². The zero-order chi connectivity index (χ0) is 15.6. The van der Waals surface area contributed by atoms with Gasteiger partial charge in [0.1, 0.15) is 0 Å². The predicted molar refractivity (Wildman–Crippen MR) is 88.2 cm³/mol. The van der Waals surface area contributed by atoms with Crippen LogP contribution in [0.4, 0.5) is 5.69 Å². The minimum atomic E-state index is -0.0529. The number of hydrogen-bond donors (Lipinski definition) is 1. The lowest BCUT2D eigenvalue weighted by Crippen LogP contribution is -2.56. The molecule has 1 aliphatic heterocycles. The average Bonchev–Trinajstić information content (AvgIpc) is 2.39. The number of amides is 1. The van der Waals surface area contributed by atoms with E-state index in [1.807, 2.05) is 0 Å². The third-order valence-electron chi connectivity index (χ3n) is 3.98. The molecule has 4 nitrogen and oxygen atoms in total. The molecule has 1 aromatic carbocycles. The van der Waals surface area contributed by atoms with Crippen LogP contribution in [0.25, 0.3) is 0 Å². The molecule has 116 valence electrons. The molecule has 0 radical (unpaired) electrons. The van der Waals surface area contributed by atoms with Crippen LogP contribution in [-0.2, 0) is 4.79 Å². The Hall–Kier alpha value is -0.810. The van der Waals surface area contributed by atoms with Gasteiger partial charge in [0, 0.05) is 30.2 Å². The van der Waals surface area contributed by atoms with Crippen molar-refractivity contribution >= 4 is 34.8 Å². The zero-order valence-electron chi connectivity index (χ0n) is 12.6. The van der Waals surface area contributed by atoms with E-state index in [4.69, 9.17) is 23.2 Å². The van der Waals surface area contributed by atoms with E-state index >= 15 is 0 Å². The number of anilines is 1. The van der Waals surface area contributed by atoms with Crippen LogP contribution in [0.3, 0.4) is 0 Å². The molecule has 2 rings (SSSR count). The highest BCUT2D eigenvalue weighted by Crippen LogP contribution is 2.25. The lowest BCUT2D eigenvalue weighted by molar-refractivity contribution is -0.118. The van der Waals surface area contributed by atoms with E-state index in [1.54, 1.807) is 18.2 Å². The number of benzene rings is 1. The standard InChI is InChI=1S/C15H21Cl2N3O/c1-10-8-20(11(2)7-19(10)3)9-15(21)18-14-5-4-12(16)6-13(14)17/h4-6,10-11H,7-9H2,1-3H3,(H,18,21)/t10-,11+/m1/s1. The van der Waals surface area contributed by atoms with Crippen molar-refractivity contribution in [2.75, 3.05) is 32.0 Å². The number of hydrogen-bond acceptors (Lipinski definition) is 3. The number of likely N-dealkylation sites (N-methyl/N-ethyl adjacent to an activating group) is 1. The number of halogens is 2. The van der Waals surface area contributed by atoms with Crippen molar-refractivity contribution in [3.8, 4) is 0 Å². The summed E-state index contributed by atoms with van der Waals surface area (Å²) in [6.45, 7) is 6.55. The van der Waals surface area contributed by atoms with E-state index in [9.17, 15) is 4.79 Å². The number of rotatable bonds is 3. The summed E-state index contributed by atoms with van der Waals surface area (Å²) in [6, 6.07) is 5.87. The van der Waals surface area contributed by atoms with E-state index in [0.717, 1.165) is 13.1 Å². The maximum atomic E-state index is 12.2. The summed E-state index contributed by atoms with van der Waals surface area (Å²) in [6.07, 6.45) is 0. The second-order valence-corrected chi connectivity index (χ2v) is 6.58. The van der Waals surface area contributed by atoms with Gasteiger partial charge in [-0.1, -0.05) is 23.2 Å². The first-order chi connectivity index (χ1) is 9.86. The van der Waals surface area contributed by atoms with Gasteiger partial charge in [-0.05, 0) is 39.1 Å². The Morgan fingerprint density at radius 2 is 2.00 bits per heavy atom. The topological polar surface area (TPSA) is 35.6 Å². The summed E-state index contributed by atoms with van der Waals surface area (Å²) in [5, 5.41) is 3.86. The maximum Gasteiger partial charge on any atom is 0.238 e. The monoisotopic (exact) mass is 329 g/mol. The van der Waals surface area contributed by atoms with Gasteiger partial charge < -0.3 is 10.2 Å². The fourth-order valence-electron chi connectivity index (χ4n) is 2.56. The molecule has 0 aromatic heterocycles. The maximum absolute atomic E-state index is 12.2. The van der Waals surface area contributed by atoms with Crippen molar-refractivity contribution < 1.29 is 4.79 Å². The summed E-state index contributed by atoms with van der Waals surface area (Å²) in [7, 11) is 2.12. The van der Waals surface area contributed by atoms with Crippen molar-refractivity contribution in [2.24, 2.45) is 0 Å². The lowest BCUT2D eigenvalue weighted by atomic mass is 10.1. The molecule has 21 heavy (non-hydrogen) atoms. The second-order valence-electron chi connectivity index (χ2n) is 5.74. The van der Waals surface area contributed by atoms with Gasteiger partial charge in [0.2, 0.25) is 5.91 Å². The molecule has 1 heterocycles. The van der Waals surface area contributed by atoms with Crippen LogP contribution in [0.2, 0.25) is 10.0 Å². The molecule has 0 bridgehead atoms. The summed E-state index contributed by atoms with van der Waals surface area (Å²) >= 11 is 11.9. The quantitative estimate of drug-likeness (QED) is 0.926. The van der Waals surface area contributed by atoms with Gasteiger partial charge >= 0.3 is 0 Å². The van der Waals surface area contributed by atoms with Crippen LogP contribution in [0, 0.1) is 0 Å². The molecule has 0 unspecified atom stereocenters. The van der Waals surface area contributed by atoms with Gasteiger partial charge in [-0.3, -0.25) is 9.69 Å². The molecule has 0 spiro atoms. The first-order valence-corrected chi connectivity index (χ1v) is 7.81. The third-order valence-corrected chi connectivity index (χ3v) is 4.53. The summed E-state index contributed by atoms with van der Waals surface area (Å²) in [4.78, 5) is 16.7. The SMILES string of the molecule is C[C@@H]1CN(CC(=O)Nc2ccc(Cl)cc2Cl)[C@@H](C)CN1C. The predicted octanol–water partition coefficient (Wildman–Crippen LogP) is 2.96. The summed E-state index contributed by atoms with van der Waals surface area (Å²) in [5.74, 6) is -0.0529. The van der Waals surface area contributed by atoms with Crippen LogP contribution in [0.5, 0.6) is 0 Å². The van der Waals surface area contributed by atoms with Crippen LogP contribution >= 0.6 is 23.2 Å². The van der Waals surface area contributed by atoms with E-state index in [-0.39, 0.29) is 5.91 Å². The minimum absolute atomic E-state index is 0.0529. The second kappa shape index (κ2) is 6.97. The van der Waals surface area contributed by atoms with Crippen molar-refractivity contribution in [1.82, 2.24) is 9.80 Å². The van der Waals surface area contributed by atoms with Crippen molar-refractivity contribution in [3.05, 3.63) is 28.2 Å². The Labute approximate surface area is 136 Å². The van der Waals surface area contributed by atoms with Gasteiger partial charge in [-0.25, -0.2) is 0 Å². The van der Waals surface area contributed by atoms with Gasteiger partial charge in [-0.15, -0.1) is 0 Å². The highest BCUT2D eigenvalue weighted by molar-refractivity contribution is 6.36. The van der Waals surface area contributed by atoms with E-state index < -0.39 is 0 Å². The van der Waals surface area contributed by atoms with E-state index in [1.165, 1.54) is 0 Å². The van der Waals surface area contributed by atoms with E-state index in [0.29, 0.717) is 34.4 Å².